The summed E-state index contributed by atoms with van der Waals surface area (Å²) in [4.78, 5) is 0. The number of rotatable bonds is 5. The normalized spacial score (nSPS) is 11.2. The van der Waals surface area contributed by atoms with Gasteiger partial charge in [0.05, 0.1) is 12.5 Å². The molecule has 0 aliphatic carbocycles. The SMILES string of the molecule is CC(C)CNCc1cn[nH]c1-c1ccco1. The average Bonchev–Trinajstić information content (AvgIpc) is 2.84. The number of nitrogens with zero attached hydrogens (tertiary/aromatic N) is 1. The summed E-state index contributed by atoms with van der Waals surface area (Å²) in [5, 5.41) is 10.4. The van der Waals surface area contributed by atoms with Gasteiger partial charge >= 0.3 is 0 Å². The standard InChI is InChI=1S/C12H17N3O/c1-9(2)6-13-7-10-8-14-15-12(10)11-4-3-5-16-11/h3-5,8-9,13H,6-7H2,1-2H3,(H,14,15). The Hall–Kier alpha value is -1.55. The summed E-state index contributed by atoms with van der Waals surface area (Å²) >= 11 is 0. The number of nitrogens with one attached hydrogen (secondary N) is 2. The summed E-state index contributed by atoms with van der Waals surface area (Å²) in [6, 6.07) is 3.81. The molecule has 4 nitrogen and oxygen atoms in total. The Kier molecular flexibility index (Phi) is 3.41. The van der Waals surface area contributed by atoms with Gasteiger partial charge in [-0.3, -0.25) is 5.10 Å². The summed E-state index contributed by atoms with van der Waals surface area (Å²) in [5.74, 6) is 1.48. The molecule has 86 valence electrons. The molecule has 0 amide bonds. The number of H-pyrrole nitrogens is 1. The number of aromatic nitrogens is 2. The summed E-state index contributed by atoms with van der Waals surface area (Å²) in [6.45, 7) is 6.19. The van der Waals surface area contributed by atoms with Gasteiger partial charge in [-0.2, -0.15) is 5.10 Å². The molecule has 0 saturated heterocycles. The van der Waals surface area contributed by atoms with Crippen LogP contribution in [0.15, 0.2) is 29.0 Å². The maximum absolute atomic E-state index is 5.35. The van der Waals surface area contributed by atoms with Gasteiger partial charge in [-0.15, -0.1) is 0 Å². The van der Waals surface area contributed by atoms with Gasteiger partial charge in [0.15, 0.2) is 5.76 Å². The minimum absolute atomic E-state index is 0.652. The Morgan fingerprint density at radius 3 is 3.06 bits per heavy atom. The first-order valence-electron chi connectivity index (χ1n) is 5.54. The molecule has 0 bridgehead atoms. The molecule has 0 aromatic carbocycles. The first kappa shape index (κ1) is 11.0. The van der Waals surface area contributed by atoms with Gasteiger partial charge in [0.25, 0.3) is 0 Å². The van der Waals surface area contributed by atoms with Crippen molar-refractivity contribution in [3.63, 3.8) is 0 Å². The minimum atomic E-state index is 0.652. The summed E-state index contributed by atoms with van der Waals surface area (Å²) in [6.07, 6.45) is 3.51. The van der Waals surface area contributed by atoms with E-state index in [1.807, 2.05) is 18.3 Å². The molecule has 0 unspecified atom stereocenters. The zero-order valence-electron chi connectivity index (χ0n) is 9.66. The molecule has 0 saturated carbocycles. The topological polar surface area (TPSA) is 53.9 Å². The van der Waals surface area contributed by atoms with Crippen molar-refractivity contribution in [1.82, 2.24) is 15.5 Å². The fourth-order valence-electron chi connectivity index (χ4n) is 1.57. The molecule has 2 N–H and O–H groups in total. The molecule has 2 heterocycles. The third-order valence-electron chi connectivity index (χ3n) is 2.35. The largest absolute Gasteiger partial charge is 0.463 e. The van der Waals surface area contributed by atoms with E-state index >= 15 is 0 Å². The van der Waals surface area contributed by atoms with Crippen LogP contribution in [-0.4, -0.2) is 16.7 Å². The molecule has 0 radical (unpaired) electrons. The molecule has 2 aromatic rings. The number of hydrogen-bond acceptors (Lipinski definition) is 3. The monoisotopic (exact) mass is 219 g/mol. The predicted molar refractivity (Wildman–Crippen MR) is 62.8 cm³/mol. The number of furan rings is 1. The second kappa shape index (κ2) is 4.99. The van der Waals surface area contributed by atoms with Gasteiger partial charge in [0.2, 0.25) is 0 Å². The zero-order chi connectivity index (χ0) is 11.4. The fraction of sp³-hybridized carbons (Fsp3) is 0.417. The van der Waals surface area contributed by atoms with Gasteiger partial charge in [-0.05, 0) is 24.6 Å². The molecule has 0 fully saturated rings. The zero-order valence-corrected chi connectivity index (χ0v) is 9.66. The van der Waals surface area contributed by atoms with Crippen molar-refractivity contribution in [1.29, 1.82) is 0 Å². The summed E-state index contributed by atoms with van der Waals surface area (Å²) < 4.78 is 5.35. The van der Waals surface area contributed by atoms with Gasteiger partial charge in [0, 0.05) is 12.1 Å². The molecule has 16 heavy (non-hydrogen) atoms. The lowest BCUT2D eigenvalue weighted by Crippen LogP contribution is -2.18. The maximum Gasteiger partial charge on any atom is 0.151 e. The Morgan fingerprint density at radius 1 is 1.50 bits per heavy atom. The van der Waals surface area contributed by atoms with Crippen molar-refractivity contribution in [2.24, 2.45) is 5.92 Å². The van der Waals surface area contributed by atoms with Gasteiger partial charge in [0.1, 0.15) is 5.69 Å². The van der Waals surface area contributed by atoms with E-state index < -0.39 is 0 Å². The second-order valence-corrected chi connectivity index (χ2v) is 4.27. The van der Waals surface area contributed by atoms with E-state index in [0.717, 1.165) is 30.1 Å². The number of hydrogen-bond donors (Lipinski definition) is 2. The van der Waals surface area contributed by atoms with Crippen LogP contribution in [-0.2, 0) is 6.54 Å². The molecule has 0 aliphatic rings. The quantitative estimate of drug-likeness (QED) is 0.812. The molecule has 4 heteroatoms. The number of aromatic amines is 1. The highest BCUT2D eigenvalue weighted by Crippen LogP contribution is 2.20. The van der Waals surface area contributed by atoms with Crippen LogP contribution in [0.3, 0.4) is 0 Å². The third kappa shape index (κ3) is 2.52. The van der Waals surface area contributed by atoms with Crippen molar-refractivity contribution < 1.29 is 4.42 Å². The van der Waals surface area contributed by atoms with Crippen LogP contribution in [0.4, 0.5) is 0 Å². The van der Waals surface area contributed by atoms with E-state index in [1.165, 1.54) is 0 Å². The molecule has 2 aromatic heterocycles. The predicted octanol–water partition coefficient (Wildman–Crippen LogP) is 2.42. The first-order valence-corrected chi connectivity index (χ1v) is 5.54. The van der Waals surface area contributed by atoms with E-state index in [9.17, 15) is 0 Å². The highest BCUT2D eigenvalue weighted by molar-refractivity contribution is 5.55. The van der Waals surface area contributed by atoms with E-state index in [1.54, 1.807) is 6.26 Å². The van der Waals surface area contributed by atoms with E-state index in [4.69, 9.17) is 4.42 Å². The van der Waals surface area contributed by atoms with Crippen molar-refractivity contribution in [3.05, 3.63) is 30.2 Å². The highest BCUT2D eigenvalue weighted by atomic mass is 16.3. The van der Waals surface area contributed by atoms with E-state index in [-0.39, 0.29) is 0 Å². The molecule has 0 spiro atoms. The summed E-state index contributed by atoms with van der Waals surface area (Å²) in [7, 11) is 0. The van der Waals surface area contributed by atoms with Crippen LogP contribution in [0.25, 0.3) is 11.5 Å². The Labute approximate surface area is 95.1 Å². The third-order valence-corrected chi connectivity index (χ3v) is 2.35. The van der Waals surface area contributed by atoms with Gasteiger partial charge in [-0.1, -0.05) is 13.8 Å². The van der Waals surface area contributed by atoms with E-state index in [0.29, 0.717) is 5.92 Å². The van der Waals surface area contributed by atoms with Gasteiger partial charge < -0.3 is 9.73 Å². The molecule has 0 atom stereocenters. The molecule has 2 rings (SSSR count). The van der Waals surface area contributed by atoms with Crippen LogP contribution >= 0.6 is 0 Å². The smallest absolute Gasteiger partial charge is 0.151 e. The lowest BCUT2D eigenvalue weighted by molar-refractivity contribution is 0.550. The Bertz CT molecular complexity index is 417. The Morgan fingerprint density at radius 2 is 2.38 bits per heavy atom. The van der Waals surface area contributed by atoms with Crippen LogP contribution in [0.2, 0.25) is 0 Å². The highest BCUT2D eigenvalue weighted by Gasteiger charge is 2.09. The van der Waals surface area contributed by atoms with Crippen molar-refractivity contribution in [2.75, 3.05) is 6.54 Å². The van der Waals surface area contributed by atoms with Crippen LogP contribution < -0.4 is 5.32 Å². The van der Waals surface area contributed by atoms with Crippen LogP contribution in [0, 0.1) is 5.92 Å². The Balaban J connectivity index is 2.03. The maximum atomic E-state index is 5.35. The second-order valence-electron chi connectivity index (χ2n) is 4.27. The molecular formula is C12H17N3O. The van der Waals surface area contributed by atoms with Crippen LogP contribution in [0.5, 0.6) is 0 Å². The van der Waals surface area contributed by atoms with Crippen molar-refractivity contribution in [3.8, 4) is 11.5 Å². The van der Waals surface area contributed by atoms with Gasteiger partial charge in [-0.25, -0.2) is 0 Å². The van der Waals surface area contributed by atoms with E-state index in [2.05, 4.69) is 29.4 Å². The summed E-state index contributed by atoms with van der Waals surface area (Å²) in [5.41, 5.74) is 2.09. The molecule has 0 aliphatic heterocycles. The lowest BCUT2D eigenvalue weighted by Gasteiger charge is -2.06. The van der Waals surface area contributed by atoms with Crippen molar-refractivity contribution >= 4 is 0 Å². The van der Waals surface area contributed by atoms with Crippen LogP contribution in [0.1, 0.15) is 19.4 Å². The average molecular weight is 219 g/mol. The van der Waals surface area contributed by atoms with Crippen molar-refractivity contribution in [2.45, 2.75) is 20.4 Å². The lowest BCUT2D eigenvalue weighted by atomic mass is 10.2. The fourth-order valence-corrected chi connectivity index (χ4v) is 1.57. The molecular weight excluding hydrogens is 202 g/mol. The first-order chi connectivity index (χ1) is 7.77. The minimum Gasteiger partial charge on any atom is -0.463 e.